The molecule has 0 radical (unpaired) electrons. The summed E-state index contributed by atoms with van der Waals surface area (Å²) in [7, 11) is 2.66. The van der Waals surface area contributed by atoms with Crippen molar-refractivity contribution in [1.82, 2.24) is 5.06 Å². The molecule has 134 valence electrons. The Labute approximate surface area is 154 Å². The summed E-state index contributed by atoms with van der Waals surface area (Å²) in [5.41, 5.74) is -0.0474. The van der Waals surface area contributed by atoms with E-state index in [9.17, 15) is 19.2 Å². The standard InChI is InChI=1S/C16H16Cl2N2O5/c1-20(25-2)16(24)19-14-9(17)7-6-8(13(14)18)15(23)12-10(21)4-3-5-11(12)22/h6-7,12H,3-5H2,1-2H3,(H,19,24). The van der Waals surface area contributed by atoms with Gasteiger partial charge in [0.25, 0.3) is 0 Å². The maximum absolute atomic E-state index is 12.7. The normalized spacial score (nSPS) is 15.2. The van der Waals surface area contributed by atoms with E-state index in [-0.39, 0.29) is 34.1 Å². The molecular weight excluding hydrogens is 371 g/mol. The molecule has 0 saturated heterocycles. The lowest BCUT2D eigenvalue weighted by molar-refractivity contribution is -0.133. The average molecular weight is 387 g/mol. The second-order valence-corrected chi connectivity index (χ2v) is 6.26. The number of carbonyl (C=O) groups excluding carboxylic acids is 4. The lowest BCUT2D eigenvalue weighted by Crippen LogP contribution is -2.35. The number of carbonyl (C=O) groups is 4. The van der Waals surface area contributed by atoms with E-state index in [1.54, 1.807) is 0 Å². The van der Waals surface area contributed by atoms with Crippen LogP contribution in [0.5, 0.6) is 0 Å². The van der Waals surface area contributed by atoms with Gasteiger partial charge in [0.2, 0.25) is 0 Å². The summed E-state index contributed by atoms with van der Waals surface area (Å²) in [6, 6.07) is 2.03. The third kappa shape index (κ3) is 4.00. The van der Waals surface area contributed by atoms with Crippen molar-refractivity contribution < 1.29 is 24.0 Å². The van der Waals surface area contributed by atoms with Gasteiger partial charge in [0.05, 0.1) is 22.8 Å². The Kier molecular flexibility index (Phi) is 6.16. The van der Waals surface area contributed by atoms with Crippen LogP contribution in [0, 0.1) is 5.92 Å². The van der Waals surface area contributed by atoms with E-state index in [1.165, 1.54) is 26.3 Å². The van der Waals surface area contributed by atoms with Gasteiger partial charge < -0.3 is 5.32 Å². The molecule has 7 nitrogen and oxygen atoms in total. The van der Waals surface area contributed by atoms with Crippen molar-refractivity contribution in [2.45, 2.75) is 19.3 Å². The molecule has 1 N–H and O–H groups in total. The van der Waals surface area contributed by atoms with E-state index in [0.717, 1.165) is 5.06 Å². The summed E-state index contributed by atoms with van der Waals surface area (Å²) in [5, 5.41) is 3.28. The van der Waals surface area contributed by atoms with Crippen molar-refractivity contribution >= 4 is 52.3 Å². The van der Waals surface area contributed by atoms with Gasteiger partial charge in [-0.25, -0.2) is 9.86 Å². The first kappa shape index (κ1) is 19.4. The summed E-state index contributed by atoms with van der Waals surface area (Å²) in [6.07, 6.45) is 0.797. The van der Waals surface area contributed by atoms with Crippen molar-refractivity contribution in [3.8, 4) is 0 Å². The summed E-state index contributed by atoms with van der Waals surface area (Å²) in [6.45, 7) is 0. The van der Waals surface area contributed by atoms with Crippen molar-refractivity contribution in [3.05, 3.63) is 27.7 Å². The fraction of sp³-hybridized carbons (Fsp3) is 0.375. The zero-order valence-corrected chi connectivity index (χ0v) is 15.1. The maximum Gasteiger partial charge on any atom is 0.345 e. The molecule has 25 heavy (non-hydrogen) atoms. The van der Waals surface area contributed by atoms with Crippen LogP contribution in [0.3, 0.4) is 0 Å². The Balaban J connectivity index is 2.38. The minimum Gasteiger partial charge on any atom is -0.303 e. The fourth-order valence-corrected chi connectivity index (χ4v) is 3.04. The Bertz CT molecular complexity index is 734. The number of hydrogen-bond acceptors (Lipinski definition) is 5. The Morgan fingerprint density at radius 3 is 2.36 bits per heavy atom. The molecule has 1 saturated carbocycles. The smallest absolute Gasteiger partial charge is 0.303 e. The largest absolute Gasteiger partial charge is 0.345 e. The first-order valence-electron chi connectivity index (χ1n) is 7.44. The van der Waals surface area contributed by atoms with Gasteiger partial charge in [-0.3, -0.25) is 19.2 Å². The predicted octanol–water partition coefficient (Wildman–Crippen LogP) is 3.14. The highest BCUT2D eigenvalue weighted by Gasteiger charge is 2.37. The highest BCUT2D eigenvalue weighted by Crippen LogP contribution is 2.35. The molecule has 0 aromatic heterocycles. The second-order valence-electron chi connectivity index (χ2n) is 5.48. The lowest BCUT2D eigenvalue weighted by Gasteiger charge is -2.20. The maximum atomic E-state index is 12.7. The van der Waals surface area contributed by atoms with E-state index in [0.29, 0.717) is 6.42 Å². The number of rotatable bonds is 4. The molecule has 0 atom stereocenters. The Morgan fingerprint density at radius 1 is 1.20 bits per heavy atom. The number of hydrogen-bond donors (Lipinski definition) is 1. The number of amides is 2. The van der Waals surface area contributed by atoms with E-state index in [1.807, 2.05) is 0 Å². The van der Waals surface area contributed by atoms with Gasteiger partial charge >= 0.3 is 6.03 Å². The summed E-state index contributed by atoms with van der Waals surface area (Å²) >= 11 is 12.3. The molecule has 0 aliphatic heterocycles. The van der Waals surface area contributed by atoms with Crippen molar-refractivity contribution in [3.63, 3.8) is 0 Å². The molecule has 1 aromatic carbocycles. The lowest BCUT2D eigenvalue weighted by atomic mass is 9.81. The Hall–Kier alpha value is -1.96. The van der Waals surface area contributed by atoms with Crippen LogP contribution in [-0.4, -0.2) is 42.6 Å². The van der Waals surface area contributed by atoms with Crippen molar-refractivity contribution in [1.29, 1.82) is 0 Å². The van der Waals surface area contributed by atoms with E-state index < -0.39 is 29.3 Å². The number of urea groups is 1. The molecule has 1 aliphatic rings. The topological polar surface area (TPSA) is 92.8 Å². The summed E-state index contributed by atoms with van der Waals surface area (Å²) < 4.78 is 0. The fourth-order valence-electron chi connectivity index (χ4n) is 2.48. The molecule has 0 unspecified atom stereocenters. The monoisotopic (exact) mass is 386 g/mol. The van der Waals surface area contributed by atoms with Gasteiger partial charge in [-0.2, -0.15) is 0 Å². The number of anilines is 1. The summed E-state index contributed by atoms with van der Waals surface area (Å²) in [5.74, 6) is -2.88. The van der Waals surface area contributed by atoms with Crippen LogP contribution in [0.2, 0.25) is 10.0 Å². The van der Waals surface area contributed by atoms with Crippen LogP contribution in [-0.2, 0) is 14.4 Å². The first-order chi connectivity index (χ1) is 11.8. The van der Waals surface area contributed by atoms with Crippen LogP contribution in [0.25, 0.3) is 0 Å². The number of hydroxylamine groups is 2. The van der Waals surface area contributed by atoms with Crippen molar-refractivity contribution in [2.24, 2.45) is 5.92 Å². The molecule has 2 rings (SSSR count). The number of benzene rings is 1. The van der Waals surface area contributed by atoms with Crippen LogP contribution >= 0.6 is 23.2 Å². The molecule has 0 heterocycles. The number of nitrogens with zero attached hydrogens (tertiary/aromatic N) is 1. The molecule has 2 amide bonds. The van der Waals surface area contributed by atoms with Crippen LogP contribution in [0.1, 0.15) is 29.6 Å². The Morgan fingerprint density at radius 2 is 1.80 bits per heavy atom. The van der Waals surface area contributed by atoms with Gasteiger partial charge in [0.1, 0.15) is 5.92 Å². The first-order valence-corrected chi connectivity index (χ1v) is 8.20. The molecule has 1 fully saturated rings. The zero-order chi connectivity index (χ0) is 18.7. The number of ketones is 3. The van der Waals surface area contributed by atoms with E-state index in [2.05, 4.69) is 5.32 Å². The SMILES string of the molecule is CON(C)C(=O)Nc1c(Cl)ccc(C(=O)C2C(=O)CCCC2=O)c1Cl. The predicted molar refractivity (Wildman–Crippen MR) is 91.9 cm³/mol. The average Bonchev–Trinajstić information content (AvgIpc) is 2.57. The highest BCUT2D eigenvalue weighted by molar-refractivity contribution is 6.42. The third-order valence-electron chi connectivity index (χ3n) is 3.90. The van der Waals surface area contributed by atoms with Crippen LogP contribution < -0.4 is 5.32 Å². The quantitative estimate of drug-likeness (QED) is 0.487. The van der Waals surface area contributed by atoms with Crippen LogP contribution in [0.15, 0.2) is 12.1 Å². The van der Waals surface area contributed by atoms with Gasteiger partial charge in [0, 0.05) is 25.5 Å². The molecule has 9 heteroatoms. The van der Waals surface area contributed by atoms with E-state index in [4.69, 9.17) is 28.0 Å². The minimum absolute atomic E-state index is 0.00112. The molecule has 0 spiro atoms. The molecule has 1 aromatic rings. The van der Waals surface area contributed by atoms with Crippen molar-refractivity contribution in [2.75, 3.05) is 19.5 Å². The molecule has 1 aliphatic carbocycles. The van der Waals surface area contributed by atoms with E-state index >= 15 is 0 Å². The van der Waals surface area contributed by atoms with Crippen LogP contribution in [0.4, 0.5) is 10.5 Å². The van der Waals surface area contributed by atoms with Gasteiger partial charge in [-0.05, 0) is 18.6 Å². The van der Waals surface area contributed by atoms with Gasteiger partial charge in [-0.15, -0.1) is 0 Å². The number of Topliss-reactive ketones (excluding diaryl/α,β-unsaturated/α-hetero) is 3. The third-order valence-corrected chi connectivity index (χ3v) is 4.61. The number of nitrogens with one attached hydrogen (secondary N) is 1. The molecule has 0 bridgehead atoms. The second kappa shape index (κ2) is 7.95. The zero-order valence-electron chi connectivity index (χ0n) is 13.6. The number of halogens is 2. The van der Waals surface area contributed by atoms with Gasteiger partial charge in [0.15, 0.2) is 17.3 Å². The molecular formula is C16H16Cl2N2O5. The van der Waals surface area contributed by atoms with Gasteiger partial charge in [-0.1, -0.05) is 23.2 Å². The summed E-state index contributed by atoms with van der Waals surface area (Å²) in [4.78, 5) is 53.3. The minimum atomic E-state index is -1.35. The highest BCUT2D eigenvalue weighted by atomic mass is 35.5.